The fraction of sp³-hybridized carbons (Fsp3) is 0.818. The number of hydrogen-bond acceptors (Lipinski definition) is 4. The highest BCUT2D eigenvalue weighted by atomic mass is 16.2. The van der Waals surface area contributed by atoms with Gasteiger partial charge in [-0.3, -0.25) is 14.5 Å². The summed E-state index contributed by atoms with van der Waals surface area (Å²) in [5.74, 6) is -0.169. The quantitative estimate of drug-likeness (QED) is 0.629. The molecular weight excluding hydrogens is 220 g/mol. The largest absolute Gasteiger partial charge is 0.347 e. The number of nitrogens with zero attached hydrogens (tertiary/aromatic N) is 2. The second kappa shape index (κ2) is 7.24. The average molecular weight is 242 g/mol. The molecule has 1 fully saturated rings. The van der Waals surface area contributed by atoms with E-state index in [1.807, 2.05) is 0 Å². The van der Waals surface area contributed by atoms with E-state index >= 15 is 0 Å². The molecule has 0 aliphatic carbocycles. The van der Waals surface area contributed by atoms with Crippen LogP contribution in [-0.2, 0) is 9.59 Å². The lowest BCUT2D eigenvalue weighted by Gasteiger charge is -2.19. The Morgan fingerprint density at radius 3 is 2.76 bits per heavy atom. The summed E-state index contributed by atoms with van der Waals surface area (Å²) in [6.07, 6.45) is 1.06. The van der Waals surface area contributed by atoms with Crippen LogP contribution in [0.4, 0.5) is 0 Å². The topological polar surface area (TPSA) is 64.7 Å². The molecule has 1 saturated heterocycles. The van der Waals surface area contributed by atoms with Crippen molar-refractivity contribution in [2.75, 3.05) is 53.4 Å². The van der Waals surface area contributed by atoms with Gasteiger partial charge in [-0.05, 0) is 19.5 Å². The number of rotatable bonds is 4. The molecule has 0 atom stereocenters. The Balaban J connectivity index is 2.21. The SMILES string of the molecule is CN(C)C(=O)CNC(=O)CN1CCCNCC1. The van der Waals surface area contributed by atoms with Crippen LogP contribution >= 0.6 is 0 Å². The highest BCUT2D eigenvalue weighted by Crippen LogP contribution is 1.94. The summed E-state index contributed by atoms with van der Waals surface area (Å²) in [7, 11) is 3.35. The van der Waals surface area contributed by atoms with E-state index in [2.05, 4.69) is 15.5 Å². The van der Waals surface area contributed by atoms with Gasteiger partial charge in [-0.15, -0.1) is 0 Å². The van der Waals surface area contributed by atoms with E-state index in [1.165, 1.54) is 4.90 Å². The highest BCUT2D eigenvalue weighted by Gasteiger charge is 2.13. The van der Waals surface area contributed by atoms with Crippen molar-refractivity contribution in [1.82, 2.24) is 20.4 Å². The Hall–Kier alpha value is -1.14. The Morgan fingerprint density at radius 2 is 2.06 bits per heavy atom. The van der Waals surface area contributed by atoms with Crippen molar-refractivity contribution in [2.45, 2.75) is 6.42 Å². The highest BCUT2D eigenvalue weighted by molar-refractivity contribution is 5.85. The van der Waals surface area contributed by atoms with Crippen molar-refractivity contribution in [3.05, 3.63) is 0 Å². The van der Waals surface area contributed by atoms with Gasteiger partial charge in [-0.2, -0.15) is 0 Å². The van der Waals surface area contributed by atoms with Crippen molar-refractivity contribution in [3.8, 4) is 0 Å². The van der Waals surface area contributed by atoms with E-state index < -0.39 is 0 Å². The molecule has 6 heteroatoms. The Bertz CT molecular complexity index is 260. The molecule has 0 saturated carbocycles. The van der Waals surface area contributed by atoms with Crippen molar-refractivity contribution < 1.29 is 9.59 Å². The molecule has 0 bridgehead atoms. The Labute approximate surface area is 102 Å². The molecule has 6 nitrogen and oxygen atoms in total. The van der Waals surface area contributed by atoms with E-state index in [4.69, 9.17) is 0 Å². The molecule has 2 N–H and O–H groups in total. The molecule has 0 aromatic heterocycles. The van der Waals surface area contributed by atoms with Gasteiger partial charge in [0, 0.05) is 27.2 Å². The molecule has 2 amide bonds. The first kappa shape index (κ1) is 13.9. The lowest BCUT2D eigenvalue weighted by Crippen LogP contribution is -2.42. The van der Waals surface area contributed by atoms with Gasteiger partial charge in [-0.25, -0.2) is 0 Å². The molecule has 98 valence electrons. The molecule has 0 aromatic carbocycles. The number of carbonyl (C=O) groups is 2. The summed E-state index contributed by atoms with van der Waals surface area (Å²) in [4.78, 5) is 26.5. The lowest BCUT2D eigenvalue weighted by molar-refractivity contribution is -0.131. The summed E-state index contributed by atoms with van der Waals surface area (Å²) in [5, 5.41) is 5.92. The maximum atomic E-state index is 11.6. The second-order valence-corrected chi connectivity index (χ2v) is 4.44. The number of likely N-dealkylation sites (N-methyl/N-ethyl adjacent to an activating group) is 1. The molecule has 1 rings (SSSR count). The fourth-order valence-electron chi connectivity index (χ4n) is 1.65. The monoisotopic (exact) mass is 242 g/mol. The third-order valence-electron chi connectivity index (χ3n) is 2.74. The van der Waals surface area contributed by atoms with Gasteiger partial charge in [0.2, 0.25) is 11.8 Å². The standard InChI is InChI=1S/C11H22N4O2/c1-14(2)11(17)8-13-10(16)9-15-6-3-4-12-5-7-15/h12H,3-9H2,1-2H3,(H,13,16). The predicted octanol–water partition coefficient (Wildman–Crippen LogP) is -1.51. The minimum absolute atomic E-state index is 0.0813. The van der Waals surface area contributed by atoms with Gasteiger partial charge in [0.15, 0.2) is 0 Å². The van der Waals surface area contributed by atoms with E-state index in [0.29, 0.717) is 6.54 Å². The number of nitrogens with one attached hydrogen (secondary N) is 2. The maximum absolute atomic E-state index is 11.6. The molecule has 0 aromatic rings. The lowest BCUT2D eigenvalue weighted by atomic mass is 10.4. The van der Waals surface area contributed by atoms with Crippen LogP contribution in [-0.4, -0.2) is 75.0 Å². The van der Waals surface area contributed by atoms with Crippen LogP contribution in [0.25, 0.3) is 0 Å². The van der Waals surface area contributed by atoms with Gasteiger partial charge in [0.1, 0.15) is 0 Å². The first-order valence-corrected chi connectivity index (χ1v) is 5.99. The zero-order valence-corrected chi connectivity index (χ0v) is 10.7. The van der Waals surface area contributed by atoms with Crippen LogP contribution in [0.15, 0.2) is 0 Å². The fourth-order valence-corrected chi connectivity index (χ4v) is 1.65. The first-order chi connectivity index (χ1) is 8.09. The summed E-state index contributed by atoms with van der Waals surface area (Å²) in [5.41, 5.74) is 0. The van der Waals surface area contributed by atoms with Crippen LogP contribution in [0.3, 0.4) is 0 Å². The zero-order valence-electron chi connectivity index (χ0n) is 10.7. The molecular formula is C11H22N4O2. The molecule has 0 radical (unpaired) electrons. The second-order valence-electron chi connectivity index (χ2n) is 4.44. The summed E-state index contributed by atoms with van der Waals surface area (Å²) in [6.45, 7) is 4.21. The zero-order chi connectivity index (χ0) is 12.7. The molecule has 17 heavy (non-hydrogen) atoms. The van der Waals surface area contributed by atoms with Gasteiger partial charge in [0.25, 0.3) is 0 Å². The van der Waals surface area contributed by atoms with Crippen molar-refractivity contribution in [1.29, 1.82) is 0 Å². The number of carbonyl (C=O) groups excluding carboxylic acids is 2. The summed E-state index contributed by atoms with van der Waals surface area (Å²) >= 11 is 0. The van der Waals surface area contributed by atoms with Crippen molar-refractivity contribution in [2.24, 2.45) is 0 Å². The first-order valence-electron chi connectivity index (χ1n) is 5.99. The van der Waals surface area contributed by atoms with Gasteiger partial charge < -0.3 is 15.5 Å². The summed E-state index contributed by atoms with van der Waals surface area (Å²) in [6, 6.07) is 0. The minimum atomic E-state index is -0.0871. The summed E-state index contributed by atoms with van der Waals surface area (Å²) < 4.78 is 0. The van der Waals surface area contributed by atoms with Gasteiger partial charge in [-0.1, -0.05) is 0 Å². The van der Waals surface area contributed by atoms with Crippen LogP contribution in [0.2, 0.25) is 0 Å². The molecule has 0 unspecified atom stereocenters. The van der Waals surface area contributed by atoms with E-state index in [0.717, 1.165) is 32.6 Å². The molecule has 1 aliphatic heterocycles. The van der Waals surface area contributed by atoms with Crippen LogP contribution in [0.5, 0.6) is 0 Å². The molecule has 1 aliphatic rings. The van der Waals surface area contributed by atoms with Gasteiger partial charge >= 0.3 is 0 Å². The average Bonchev–Trinajstić information content (AvgIpc) is 2.54. The van der Waals surface area contributed by atoms with E-state index in [9.17, 15) is 9.59 Å². The van der Waals surface area contributed by atoms with Crippen molar-refractivity contribution in [3.63, 3.8) is 0 Å². The van der Waals surface area contributed by atoms with Gasteiger partial charge in [0.05, 0.1) is 13.1 Å². The Kier molecular flexibility index (Phi) is 5.93. The number of hydrogen-bond donors (Lipinski definition) is 2. The molecule has 1 heterocycles. The van der Waals surface area contributed by atoms with E-state index in [-0.39, 0.29) is 18.4 Å². The van der Waals surface area contributed by atoms with Crippen LogP contribution < -0.4 is 10.6 Å². The third-order valence-corrected chi connectivity index (χ3v) is 2.74. The Morgan fingerprint density at radius 1 is 1.29 bits per heavy atom. The normalized spacial score (nSPS) is 17.3. The maximum Gasteiger partial charge on any atom is 0.241 e. The third kappa shape index (κ3) is 5.65. The smallest absolute Gasteiger partial charge is 0.241 e. The minimum Gasteiger partial charge on any atom is -0.347 e. The van der Waals surface area contributed by atoms with E-state index in [1.54, 1.807) is 14.1 Å². The van der Waals surface area contributed by atoms with Crippen molar-refractivity contribution >= 4 is 11.8 Å². The molecule has 0 spiro atoms. The predicted molar refractivity (Wildman–Crippen MR) is 65.6 cm³/mol. The van der Waals surface area contributed by atoms with Crippen LogP contribution in [0, 0.1) is 0 Å². The number of amides is 2. The van der Waals surface area contributed by atoms with Crippen LogP contribution in [0.1, 0.15) is 6.42 Å².